The molecule has 1 N–H and O–H groups in total. The Hall–Kier alpha value is -1.69. The van der Waals surface area contributed by atoms with Gasteiger partial charge in [-0.3, -0.25) is 4.79 Å². The van der Waals surface area contributed by atoms with E-state index in [9.17, 15) is 14.7 Å². The first kappa shape index (κ1) is 17.1. The van der Waals surface area contributed by atoms with Gasteiger partial charge in [-0.05, 0) is 25.2 Å². The van der Waals surface area contributed by atoms with Gasteiger partial charge >= 0.3 is 5.97 Å². The highest BCUT2D eigenvalue weighted by Crippen LogP contribution is 2.40. The molecular weight excluding hydrogens is 330 g/mol. The number of aromatic nitrogens is 2. The SMILES string of the molecule is CC(C)c1ncc(Cl)c(C(=O)N2C(C(=O)O)CC3CCCCC32)n1. The molecule has 1 saturated carbocycles. The van der Waals surface area contributed by atoms with Gasteiger partial charge in [0, 0.05) is 12.0 Å². The van der Waals surface area contributed by atoms with Gasteiger partial charge in [-0.1, -0.05) is 38.3 Å². The van der Waals surface area contributed by atoms with E-state index >= 15 is 0 Å². The quantitative estimate of drug-likeness (QED) is 0.904. The number of carboxylic acids is 1. The lowest BCUT2D eigenvalue weighted by Crippen LogP contribution is -2.46. The average molecular weight is 352 g/mol. The number of hydrogen-bond acceptors (Lipinski definition) is 4. The lowest BCUT2D eigenvalue weighted by atomic mass is 9.84. The van der Waals surface area contributed by atoms with Crippen LogP contribution in [0.4, 0.5) is 0 Å². The number of carbonyl (C=O) groups excluding carboxylic acids is 1. The van der Waals surface area contributed by atoms with Crippen LogP contribution in [-0.4, -0.2) is 43.9 Å². The van der Waals surface area contributed by atoms with Crippen molar-refractivity contribution in [1.82, 2.24) is 14.9 Å². The second kappa shape index (κ2) is 6.67. The maximum atomic E-state index is 13.1. The lowest BCUT2D eigenvalue weighted by Gasteiger charge is -2.33. The third kappa shape index (κ3) is 2.99. The van der Waals surface area contributed by atoms with Crippen LogP contribution < -0.4 is 0 Å². The Morgan fingerprint density at radius 3 is 2.71 bits per heavy atom. The van der Waals surface area contributed by atoms with Crippen molar-refractivity contribution in [3.63, 3.8) is 0 Å². The molecule has 24 heavy (non-hydrogen) atoms. The smallest absolute Gasteiger partial charge is 0.326 e. The van der Waals surface area contributed by atoms with Gasteiger partial charge in [-0.2, -0.15) is 0 Å². The number of amides is 1. The van der Waals surface area contributed by atoms with Crippen molar-refractivity contribution >= 4 is 23.5 Å². The van der Waals surface area contributed by atoms with E-state index in [0.717, 1.165) is 25.7 Å². The molecule has 2 fully saturated rings. The van der Waals surface area contributed by atoms with Crippen molar-refractivity contribution in [2.75, 3.05) is 0 Å². The Kier molecular flexibility index (Phi) is 4.76. The summed E-state index contributed by atoms with van der Waals surface area (Å²) in [5.74, 6) is -0.480. The van der Waals surface area contributed by atoms with Crippen LogP contribution in [0, 0.1) is 5.92 Å². The molecule has 3 atom stereocenters. The minimum Gasteiger partial charge on any atom is -0.480 e. The summed E-state index contributed by atoms with van der Waals surface area (Å²) >= 11 is 6.16. The molecular formula is C17H22ClN3O3. The largest absolute Gasteiger partial charge is 0.480 e. The van der Waals surface area contributed by atoms with E-state index in [1.807, 2.05) is 13.8 Å². The van der Waals surface area contributed by atoms with Crippen LogP contribution in [-0.2, 0) is 4.79 Å². The fourth-order valence-electron chi connectivity index (χ4n) is 3.90. The van der Waals surface area contributed by atoms with Crippen molar-refractivity contribution in [3.05, 3.63) is 22.7 Å². The molecule has 0 bridgehead atoms. The zero-order valence-electron chi connectivity index (χ0n) is 13.9. The van der Waals surface area contributed by atoms with Gasteiger partial charge in [0.05, 0.1) is 11.2 Å². The van der Waals surface area contributed by atoms with Gasteiger partial charge in [0.1, 0.15) is 11.9 Å². The third-order valence-electron chi connectivity index (χ3n) is 5.09. The van der Waals surface area contributed by atoms with Crippen LogP contribution >= 0.6 is 11.6 Å². The molecule has 3 rings (SSSR count). The number of rotatable bonds is 3. The molecule has 0 radical (unpaired) electrons. The van der Waals surface area contributed by atoms with Crippen LogP contribution in [0.25, 0.3) is 0 Å². The minimum absolute atomic E-state index is 0.0270. The summed E-state index contributed by atoms with van der Waals surface area (Å²) < 4.78 is 0. The van der Waals surface area contributed by atoms with E-state index in [1.165, 1.54) is 11.1 Å². The van der Waals surface area contributed by atoms with Gasteiger partial charge in [-0.25, -0.2) is 14.8 Å². The standard InChI is InChI=1S/C17H22ClN3O3/c1-9(2)15-19-8-11(18)14(20-15)16(22)21-12-6-4-3-5-10(12)7-13(21)17(23)24/h8-10,12-13H,3-7H2,1-2H3,(H,23,24). The van der Waals surface area contributed by atoms with Crippen LogP contribution in [0.5, 0.6) is 0 Å². The Morgan fingerprint density at radius 1 is 1.33 bits per heavy atom. The van der Waals surface area contributed by atoms with E-state index < -0.39 is 12.0 Å². The Balaban J connectivity index is 1.97. The summed E-state index contributed by atoms with van der Waals surface area (Å²) in [6, 6.07) is -0.819. The monoisotopic (exact) mass is 351 g/mol. The molecule has 2 heterocycles. The number of hydrogen-bond donors (Lipinski definition) is 1. The number of aliphatic carboxylic acids is 1. The highest BCUT2D eigenvalue weighted by Gasteiger charge is 2.48. The third-order valence-corrected chi connectivity index (χ3v) is 5.37. The Bertz CT molecular complexity index is 664. The first-order chi connectivity index (χ1) is 11.4. The first-order valence-electron chi connectivity index (χ1n) is 8.48. The molecule has 6 nitrogen and oxygen atoms in total. The predicted molar refractivity (Wildman–Crippen MR) is 89.1 cm³/mol. The van der Waals surface area contributed by atoms with Gasteiger partial charge < -0.3 is 10.0 Å². The molecule has 3 unspecified atom stereocenters. The fraction of sp³-hybridized carbons (Fsp3) is 0.647. The van der Waals surface area contributed by atoms with E-state index in [-0.39, 0.29) is 34.5 Å². The van der Waals surface area contributed by atoms with Crippen LogP contribution in [0.3, 0.4) is 0 Å². The van der Waals surface area contributed by atoms with Gasteiger partial charge in [-0.15, -0.1) is 0 Å². The second-order valence-corrected chi connectivity index (χ2v) is 7.40. The van der Waals surface area contributed by atoms with Crippen molar-refractivity contribution < 1.29 is 14.7 Å². The lowest BCUT2D eigenvalue weighted by molar-refractivity contribution is -0.141. The molecule has 1 aromatic rings. The zero-order valence-corrected chi connectivity index (χ0v) is 14.7. The Labute approximate surface area is 146 Å². The first-order valence-corrected chi connectivity index (χ1v) is 8.85. The summed E-state index contributed by atoms with van der Waals surface area (Å²) in [7, 11) is 0. The van der Waals surface area contributed by atoms with Crippen LogP contribution in [0.15, 0.2) is 6.20 Å². The van der Waals surface area contributed by atoms with E-state index in [4.69, 9.17) is 11.6 Å². The molecule has 130 valence electrons. The van der Waals surface area contributed by atoms with Gasteiger partial charge in [0.25, 0.3) is 5.91 Å². The Morgan fingerprint density at radius 2 is 2.04 bits per heavy atom. The number of carboxylic acid groups (broad SMARTS) is 1. The molecule has 0 aromatic carbocycles. The summed E-state index contributed by atoms with van der Waals surface area (Å²) in [5, 5.41) is 9.75. The molecule has 0 spiro atoms. The maximum absolute atomic E-state index is 13.1. The highest BCUT2D eigenvalue weighted by molar-refractivity contribution is 6.33. The number of halogens is 1. The minimum atomic E-state index is -0.952. The van der Waals surface area contributed by atoms with Crippen molar-refractivity contribution in [2.24, 2.45) is 5.92 Å². The summed E-state index contributed by atoms with van der Waals surface area (Å²) in [5.41, 5.74) is 0.118. The van der Waals surface area contributed by atoms with E-state index in [2.05, 4.69) is 9.97 Å². The fourth-order valence-corrected chi connectivity index (χ4v) is 4.08. The molecule has 1 aromatic heterocycles. The normalized spacial score (nSPS) is 26.5. The number of fused-ring (bicyclic) bond motifs is 1. The van der Waals surface area contributed by atoms with Crippen molar-refractivity contribution in [3.8, 4) is 0 Å². The van der Waals surface area contributed by atoms with Crippen molar-refractivity contribution in [2.45, 2.75) is 64.0 Å². The maximum Gasteiger partial charge on any atom is 0.326 e. The summed E-state index contributed by atoms with van der Waals surface area (Å²) in [6.45, 7) is 3.87. The molecule has 7 heteroatoms. The summed E-state index contributed by atoms with van der Waals surface area (Å²) in [6.07, 6.45) is 5.90. The molecule has 1 saturated heterocycles. The van der Waals surface area contributed by atoms with Crippen LogP contribution in [0.2, 0.25) is 5.02 Å². The highest BCUT2D eigenvalue weighted by atomic mass is 35.5. The van der Waals surface area contributed by atoms with Crippen LogP contribution in [0.1, 0.15) is 68.2 Å². The number of carbonyl (C=O) groups is 2. The second-order valence-electron chi connectivity index (χ2n) is 6.99. The summed E-state index contributed by atoms with van der Waals surface area (Å²) in [4.78, 5) is 34.8. The van der Waals surface area contributed by atoms with E-state index in [1.54, 1.807) is 0 Å². The van der Waals surface area contributed by atoms with Crippen molar-refractivity contribution in [1.29, 1.82) is 0 Å². The predicted octanol–water partition coefficient (Wildman–Crippen LogP) is 3.11. The van der Waals surface area contributed by atoms with Gasteiger partial charge in [0.15, 0.2) is 5.69 Å². The van der Waals surface area contributed by atoms with E-state index in [0.29, 0.717) is 12.2 Å². The average Bonchev–Trinajstić information content (AvgIpc) is 2.94. The zero-order chi connectivity index (χ0) is 17.4. The molecule has 1 amide bonds. The molecule has 1 aliphatic heterocycles. The van der Waals surface area contributed by atoms with Gasteiger partial charge in [0.2, 0.25) is 0 Å². The number of likely N-dealkylation sites (tertiary alicyclic amines) is 1. The molecule has 1 aliphatic carbocycles. The molecule has 2 aliphatic rings. The number of nitrogens with zero attached hydrogens (tertiary/aromatic N) is 3. The topological polar surface area (TPSA) is 83.4 Å².